The number of benzene rings is 3. The number of amides is 2. The molecule has 1 N–H and O–H groups in total. The number of carbonyl (C=O) groups excluding carboxylic acids is 2. The minimum absolute atomic E-state index is 0.0205. The summed E-state index contributed by atoms with van der Waals surface area (Å²) in [7, 11) is -4.30. The summed E-state index contributed by atoms with van der Waals surface area (Å²) in [6, 6.07) is 21.6. The van der Waals surface area contributed by atoms with E-state index in [1.54, 1.807) is 18.2 Å². The van der Waals surface area contributed by atoms with E-state index in [4.69, 9.17) is 0 Å². The van der Waals surface area contributed by atoms with E-state index >= 15 is 0 Å². The van der Waals surface area contributed by atoms with Gasteiger partial charge in [-0.1, -0.05) is 74.4 Å². The predicted octanol–water partition coefficient (Wildman–Crippen LogP) is 4.70. The Labute approximate surface area is 246 Å². The maximum Gasteiger partial charge on any atom is 0.271 e. The van der Waals surface area contributed by atoms with Crippen LogP contribution in [0.1, 0.15) is 44.6 Å². The summed E-state index contributed by atoms with van der Waals surface area (Å²) in [4.78, 5) is 39.8. The molecule has 1 fully saturated rings. The zero-order chi connectivity index (χ0) is 30.1. The molecule has 1 aliphatic rings. The number of anilines is 1. The second-order valence-electron chi connectivity index (χ2n) is 10.3. The van der Waals surface area contributed by atoms with Crippen LogP contribution in [0, 0.1) is 10.1 Å². The third-order valence-electron chi connectivity index (χ3n) is 7.51. The molecule has 0 unspecified atom stereocenters. The van der Waals surface area contributed by atoms with Crippen molar-refractivity contribution in [3.05, 3.63) is 101 Å². The number of sulfonamides is 1. The fourth-order valence-electron chi connectivity index (χ4n) is 5.27. The van der Waals surface area contributed by atoms with Crippen LogP contribution in [-0.2, 0) is 26.0 Å². The van der Waals surface area contributed by atoms with Gasteiger partial charge in [-0.2, -0.15) is 0 Å². The Balaban J connectivity index is 1.69. The van der Waals surface area contributed by atoms with Gasteiger partial charge in [0.15, 0.2) is 0 Å². The molecule has 0 heterocycles. The van der Waals surface area contributed by atoms with Gasteiger partial charge in [0.25, 0.3) is 15.7 Å². The Morgan fingerprint density at radius 3 is 2.24 bits per heavy atom. The van der Waals surface area contributed by atoms with Gasteiger partial charge in [0.05, 0.1) is 15.5 Å². The summed E-state index contributed by atoms with van der Waals surface area (Å²) < 4.78 is 28.6. The molecule has 10 nitrogen and oxygen atoms in total. The van der Waals surface area contributed by atoms with Crippen molar-refractivity contribution < 1.29 is 22.9 Å². The Morgan fingerprint density at radius 2 is 1.62 bits per heavy atom. The SMILES string of the molecule is CC[C@H](C(=O)NC1CCCC1)N(CCc1ccccc1)C(=O)CN(c1cccc([N+](=O)[O-])c1)S(=O)(=O)c1ccccc1. The maximum absolute atomic E-state index is 14.1. The largest absolute Gasteiger partial charge is 0.352 e. The topological polar surface area (TPSA) is 130 Å². The number of nitro benzene ring substituents is 1. The molecule has 42 heavy (non-hydrogen) atoms. The monoisotopic (exact) mass is 592 g/mol. The van der Waals surface area contributed by atoms with Gasteiger partial charge in [0, 0.05) is 24.7 Å². The van der Waals surface area contributed by atoms with E-state index in [0.717, 1.165) is 41.6 Å². The van der Waals surface area contributed by atoms with Crippen LogP contribution in [0.5, 0.6) is 0 Å². The average molecular weight is 593 g/mol. The Hall–Kier alpha value is -4.25. The van der Waals surface area contributed by atoms with Crippen molar-refractivity contribution in [3.63, 3.8) is 0 Å². The van der Waals surface area contributed by atoms with Crippen molar-refractivity contribution in [1.29, 1.82) is 0 Å². The lowest BCUT2D eigenvalue weighted by Gasteiger charge is -2.33. The van der Waals surface area contributed by atoms with E-state index in [-0.39, 0.29) is 34.8 Å². The third kappa shape index (κ3) is 7.52. The van der Waals surface area contributed by atoms with Gasteiger partial charge >= 0.3 is 0 Å². The van der Waals surface area contributed by atoms with Crippen LogP contribution in [0.4, 0.5) is 11.4 Å². The van der Waals surface area contributed by atoms with Crippen molar-refractivity contribution in [1.82, 2.24) is 10.2 Å². The summed E-state index contributed by atoms with van der Waals surface area (Å²) in [6.07, 6.45) is 4.64. The van der Waals surface area contributed by atoms with Crippen LogP contribution >= 0.6 is 0 Å². The minimum atomic E-state index is -4.30. The molecule has 222 valence electrons. The molecule has 0 aromatic heterocycles. The Morgan fingerprint density at radius 1 is 0.976 bits per heavy atom. The van der Waals surface area contributed by atoms with E-state index in [2.05, 4.69) is 5.32 Å². The third-order valence-corrected chi connectivity index (χ3v) is 9.30. The summed E-state index contributed by atoms with van der Waals surface area (Å²) in [5.41, 5.74) is 0.637. The number of nitro groups is 1. The average Bonchev–Trinajstić information content (AvgIpc) is 3.51. The van der Waals surface area contributed by atoms with Crippen molar-refractivity contribution in [2.75, 3.05) is 17.4 Å². The highest BCUT2D eigenvalue weighted by Crippen LogP contribution is 2.27. The Bertz CT molecular complexity index is 1480. The molecular formula is C31H36N4O6S. The molecule has 3 aromatic rings. The van der Waals surface area contributed by atoms with Gasteiger partial charge in [-0.3, -0.25) is 24.0 Å². The maximum atomic E-state index is 14.1. The highest BCUT2D eigenvalue weighted by molar-refractivity contribution is 7.92. The summed E-state index contributed by atoms with van der Waals surface area (Å²) in [5, 5.41) is 14.6. The molecule has 1 aliphatic carbocycles. The van der Waals surface area contributed by atoms with Crippen molar-refractivity contribution in [2.24, 2.45) is 0 Å². The second-order valence-corrected chi connectivity index (χ2v) is 12.2. The van der Waals surface area contributed by atoms with E-state index < -0.39 is 33.4 Å². The van der Waals surface area contributed by atoms with Crippen LogP contribution in [0.15, 0.2) is 89.8 Å². The van der Waals surface area contributed by atoms with Crippen LogP contribution in [-0.4, -0.2) is 55.2 Å². The standard InChI is InChI=1S/C31H36N4O6S/c1-2-29(31(37)32-25-14-9-10-15-25)33(21-20-24-12-5-3-6-13-24)30(36)23-34(26-16-11-17-27(22-26)35(38)39)42(40,41)28-18-7-4-8-19-28/h3-8,11-13,16-19,22,25,29H,2,9-10,14-15,20-21,23H2,1H3,(H,32,37)/t29-/m1/s1. The minimum Gasteiger partial charge on any atom is -0.352 e. The molecule has 0 saturated heterocycles. The molecule has 2 amide bonds. The fraction of sp³-hybridized carbons (Fsp3) is 0.355. The number of nitrogens with zero attached hydrogens (tertiary/aromatic N) is 3. The first-order valence-corrected chi connectivity index (χ1v) is 15.6. The van der Waals surface area contributed by atoms with Crippen molar-refractivity contribution in [3.8, 4) is 0 Å². The van der Waals surface area contributed by atoms with E-state index in [9.17, 15) is 28.1 Å². The van der Waals surface area contributed by atoms with Gasteiger partial charge < -0.3 is 10.2 Å². The first-order valence-electron chi connectivity index (χ1n) is 14.2. The van der Waals surface area contributed by atoms with Crippen LogP contribution in [0.2, 0.25) is 0 Å². The normalized spacial score (nSPS) is 14.2. The molecule has 4 rings (SSSR count). The first kappa shape index (κ1) is 30.7. The number of carbonyl (C=O) groups is 2. The quantitative estimate of drug-likeness (QED) is 0.226. The molecule has 1 atom stereocenters. The number of hydrogen-bond donors (Lipinski definition) is 1. The van der Waals surface area contributed by atoms with E-state index in [1.165, 1.54) is 35.2 Å². The zero-order valence-corrected chi connectivity index (χ0v) is 24.4. The zero-order valence-electron chi connectivity index (χ0n) is 23.6. The van der Waals surface area contributed by atoms with Crippen LogP contribution < -0.4 is 9.62 Å². The van der Waals surface area contributed by atoms with Gasteiger partial charge in [0.1, 0.15) is 12.6 Å². The predicted molar refractivity (Wildman–Crippen MR) is 160 cm³/mol. The number of rotatable bonds is 13. The van der Waals surface area contributed by atoms with Gasteiger partial charge in [-0.05, 0) is 49.4 Å². The fourth-order valence-corrected chi connectivity index (χ4v) is 6.70. The van der Waals surface area contributed by atoms with E-state index in [0.29, 0.717) is 12.8 Å². The highest BCUT2D eigenvalue weighted by Gasteiger charge is 2.34. The highest BCUT2D eigenvalue weighted by atomic mass is 32.2. The van der Waals surface area contributed by atoms with E-state index in [1.807, 2.05) is 37.3 Å². The second kappa shape index (κ2) is 14.1. The summed E-state index contributed by atoms with van der Waals surface area (Å²) in [5.74, 6) is -0.844. The summed E-state index contributed by atoms with van der Waals surface area (Å²) >= 11 is 0. The lowest BCUT2D eigenvalue weighted by Crippen LogP contribution is -2.54. The molecule has 3 aromatic carbocycles. The number of nitrogens with one attached hydrogen (secondary N) is 1. The lowest BCUT2D eigenvalue weighted by molar-refractivity contribution is -0.384. The van der Waals surface area contributed by atoms with Crippen LogP contribution in [0.3, 0.4) is 0 Å². The molecule has 0 bridgehead atoms. The summed E-state index contributed by atoms with van der Waals surface area (Å²) in [6.45, 7) is 1.37. The smallest absolute Gasteiger partial charge is 0.271 e. The number of non-ortho nitro benzene ring substituents is 1. The Kier molecular flexibility index (Phi) is 10.3. The molecule has 0 aliphatic heterocycles. The number of hydrogen-bond acceptors (Lipinski definition) is 6. The van der Waals surface area contributed by atoms with Gasteiger partial charge in [-0.15, -0.1) is 0 Å². The first-order chi connectivity index (χ1) is 20.2. The molecule has 0 radical (unpaired) electrons. The van der Waals surface area contributed by atoms with Crippen LogP contribution in [0.25, 0.3) is 0 Å². The molecular weight excluding hydrogens is 556 g/mol. The lowest BCUT2D eigenvalue weighted by atomic mass is 10.1. The molecule has 11 heteroatoms. The molecule has 1 saturated carbocycles. The van der Waals surface area contributed by atoms with Gasteiger partial charge in [0.2, 0.25) is 11.8 Å². The van der Waals surface area contributed by atoms with Crippen molar-refractivity contribution >= 4 is 33.2 Å². The van der Waals surface area contributed by atoms with Crippen molar-refractivity contribution in [2.45, 2.75) is 62.4 Å². The molecule has 0 spiro atoms. The van der Waals surface area contributed by atoms with Gasteiger partial charge in [-0.25, -0.2) is 8.42 Å².